The quantitative estimate of drug-likeness (QED) is 0.0204. The van der Waals surface area contributed by atoms with Gasteiger partial charge in [-0.05, 0) is 89.9 Å². The molecule has 1 amide bonds. The van der Waals surface area contributed by atoms with E-state index in [0.717, 1.165) is 77.0 Å². The van der Waals surface area contributed by atoms with Crippen LogP contribution >= 0.6 is 0 Å². The maximum absolute atomic E-state index is 13.3. The van der Waals surface area contributed by atoms with Gasteiger partial charge in [0.2, 0.25) is 5.91 Å². The average molecular weight is 1160 g/mol. The molecule has 2 aliphatic heterocycles. The van der Waals surface area contributed by atoms with Crippen molar-refractivity contribution in [3.05, 3.63) is 97.2 Å². The molecule has 0 aromatic heterocycles. The smallest absolute Gasteiger partial charge is 0.220 e. The van der Waals surface area contributed by atoms with Crippen molar-refractivity contribution in [2.24, 2.45) is 0 Å². The van der Waals surface area contributed by atoms with Crippen molar-refractivity contribution < 1.29 is 64.6 Å². The molecule has 2 heterocycles. The van der Waals surface area contributed by atoms with Crippen molar-refractivity contribution in [2.75, 3.05) is 19.8 Å². The molecule has 0 bridgehead atoms. The highest BCUT2D eigenvalue weighted by Gasteiger charge is 2.51. The maximum Gasteiger partial charge on any atom is 0.220 e. The summed E-state index contributed by atoms with van der Waals surface area (Å²) in [5, 5.41) is 87.2. The highest BCUT2D eigenvalue weighted by atomic mass is 16.7. The first-order valence-corrected chi connectivity index (χ1v) is 32.5. The monoisotopic (exact) mass is 1160 g/mol. The summed E-state index contributed by atoms with van der Waals surface area (Å²) < 4.78 is 22.8. The van der Waals surface area contributed by atoms with Gasteiger partial charge in [-0.25, -0.2) is 0 Å². The molecule has 12 atom stereocenters. The third-order valence-electron chi connectivity index (χ3n) is 15.2. The van der Waals surface area contributed by atoms with Gasteiger partial charge in [0.05, 0.1) is 32.0 Å². The Hall–Kier alpha value is -3.09. The van der Waals surface area contributed by atoms with Gasteiger partial charge in [0.15, 0.2) is 12.6 Å². The van der Waals surface area contributed by atoms with Crippen LogP contribution in [0.2, 0.25) is 0 Å². The van der Waals surface area contributed by atoms with E-state index in [-0.39, 0.29) is 18.9 Å². The summed E-state index contributed by atoms with van der Waals surface area (Å²) in [7, 11) is 0. The minimum Gasteiger partial charge on any atom is -0.394 e. The zero-order valence-electron chi connectivity index (χ0n) is 50.9. The number of ether oxygens (including phenoxy) is 4. The Bertz CT molecular complexity index is 1740. The van der Waals surface area contributed by atoms with E-state index in [1.807, 2.05) is 6.08 Å². The molecule has 0 radical (unpaired) electrons. The number of aliphatic hydroxyl groups excluding tert-OH is 8. The van der Waals surface area contributed by atoms with E-state index < -0.39 is 86.8 Å². The molecule has 82 heavy (non-hydrogen) atoms. The predicted octanol–water partition coefficient (Wildman–Crippen LogP) is 12.2. The van der Waals surface area contributed by atoms with E-state index in [2.05, 4.69) is 104 Å². The summed E-state index contributed by atoms with van der Waals surface area (Å²) in [4.78, 5) is 13.3. The Balaban J connectivity index is 1.69. The summed E-state index contributed by atoms with van der Waals surface area (Å²) >= 11 is 0. The normalized spacial score (nSPS) is 24.6. The Kier molecular flexibility index (Phi) is 47.8. The number of hydrogen-bond acceptors (Lipinski definition) is 13. The second kappa shape index (κ2) is 52.3. The van der Waals surface area contributed by atoms with Crippen molar-refractivity contribution in [3.8, 4) is 0 Å². The lowest BCUT2D eigenvalue weighted by Crippen LogP contribution is -2.65. The van der Waals surface area contributed by atoms with Gasteiger partial charge >= 0.3 is 0 Å². The zero-order chi connectivity index (χ0) is 59.5. The second-order valence-electron chi connectivity index (χ2n) is 22.5. The lowest BCUT2D eigenvalue weighted by atomic mass is 9.97. The average Bonchev–Trinajstić information content (AvgIpc) is 3.52. The van der Waals surface area contributed by atoms with Crippen LogP contribution in [0.1, 0.15) is 232 Å². The van der Waals surface area contributed by atoms with Crippen molar-refractivity contribution in [1.29, 1.82) is 0 Å². The molecule has 9 N–H and O–H groups in total. The van der Waals surface area contributed by atoms with Gasteiger partial charge in [-0.15, -0.1) is 0 Å². The van der Waals surface area contributed by atoms with Gasteiger partial charge in [-0.1, -0.05) is 233 Å². The number of aliphatic hydroxyl groups is 8. The topological polar surface area (TPSA) is 228 Å². The first-order chi connectivity index (χ1) is 40.1. The van der Waals surface area contributed by atoms with Crippen molar-refractivity contribution >= 4 is 5.91 Å². The molecule has 0 aromatic rings. The van der Waals surface area contributed by atoms with Crippen LogP contribution in [-0.4, -0.2) is 140 Å². The number of rotatable bonds is 51. The van der Waals surface area contributed by atoms with Crippen LogP contribution in [0.3, 0.4) is 0 Å². The molecule has 0 spiro atoms. The highest BCUT2D eigenvalue weighted by Crippen LogP contribution is 2.30. The molecule has 2 saturated heterocycles. The van der Waals surface area contributed by atoms with E-state index in [9.17, 15) is 45.6 Å². The van der Waals surface area contributed by atoms with Crippen LogP contribution in [0.15, 0.2) is 97.2 Å². The Morgan fingerprint density at radius 2 is 0.854 bits per heavy atom. The number of unbranched alkanes of at least 4 members (excludes halogenated alkanes) is 24. The fourth-order valence-electron chi connectivity index (χ4n) is 10.1. The summed E-state index contributed by atoms with van der Waals surface area (Å²) in [6.45, 7) is 2.65. The van der Waals surface area contributed by atoms with Crippen LogP contribution in [0, 0.1) is 0 Å². The molecule has 2 rings (SSSR count). The molecular formula is C68H117NO13. The fraction of sp³-hybridized carbons (Fsp3) is 0.750. The van der Waals surface area contributed by atoms with Gasteiger partial charge in [-0.3, -0.25) is 4.79 Å². The number of carbonyl (C=O) groups is 1. The standard InChI is InChI=1S/C68H117NO13/c1-3-5-7-9-11-13-15-17-19-21-22-23-24-25-26-27-28-29-30-31-32-33-34-36-38-40-42-44-46-48-50-52-60(73)69-56(57(72)51-49-47-45-43-41-39-37-35-20-18-16-14-12-10-8-6-4-2)55-79-67-65(78)63(76)66(59(54-71)81-67)82-68-64(77)62(75)61(74)58(53-70)80-68/h5,7,11,13,17,19-20,22-23,25-26,35,41,43,49,51,56-59,61-68,70-72,74-78H,3-4,6,8-10,12,14-16,18,21,24,27-34,36-40,42,44-48,50,52-55H2,1-2H3,(H,69,73)/b7-5-,13-11-,19-17-,23-22-,26-25-,35-20+,43-41+,51-49+. The molecule has 0 aromatic carbocycles. The van der Waals surface area contributed by atoms with Gasteiger partial charge < -0.3 is 65.1 Å². The van der Waals surface area contributed by atoms with Crippen LogP contribution in [0.4, 0.5) is 0 Å². The SMILES string of the molecule is CC/C=C\C/C=C\C/C=C\C/C=C\C/C=C\CCCCCCCCCCCCCCCCCC(=O)NC(COC1OC(CO)C(OC2OC(CO)C(O)C(O)C2O)C(O)C1O)C(O)/C=C/CC/C=C/CC/C=C/CCCCCCCCC. The lowest BCUT2D eigenvalue weighted by Gasteiger charge is -2.46. The second-order valence-corrected chi connectivity index (χ2v) is 22.5. The first-order valence-electron chi connectivity index (χ1n) is 32.5. The summed E-state index contributed by atoms with van der Waals surface area (Å²) in [5.41, 5.74) is 0. The molecule has 472 valence electrons. The van der Waals surface area contributed by atoms with Crippen LogP contribution in [0.25, 0.3) is 0 Å². The fourth-order valence-corrected chi connectivity index (χ4v) is 10.1. The van der Waals surface area contributed by atoms with Crippen molar-refractivity contribution in [1.82, 2.24) is 5.32 Å². The van der Waals surface area contributed by atoms with Gasteiger partial charge in [-0.2, -0.15) is 0 Å². The Labute approximate surface area is 496 Å². The maximum atomic E-state index is 13.3. The highest BCUT2D eigenvalue weighted by molar-refractivity contribution is 5.76. The molecule has 12 unspecified atom stereocenters. The molecular weight excluding hydrogens is 1040 g/mol. The number of hydrogen-bond donors (Lipinski definition) is 9. The lowest BCUT2D eigenvalue weighted by molar-refractivity contribution is -0.359. The largest absolute Gasteiger partial charge is 0.394 e. The Morgan fingerprint density at radius 3 is 1.34 bits per heavy atom. The van der Waals surface area contributed by atoms with Crippen LogP contribution < -0.4 is 5.32 Å². The minimum absolute atomic E-state index is 0.256. The molecule has 0 aliphatic carbocycles. The van der Waals surface area contributed by atoms with Crippen LogP contribution in [-0.2, 0) is 23.7 Å². The molecule has 2 fully saturated rings. The summed E-state index contributed by atoms with van der Waals surface area (Å²) in [6.07, 6.45) is 56.0. The van der Waals surface area contributed by atoms with E-state index >= 15 is 0 Å². The summed E-state index contributed by atoms with van der Waals surface area (Å²) in [5.74, 6) is -0.256. The number of carbonyl (C=O) groups excluding carboxylic acids is 1. The molecule has 14 nitrogen and oxygen atoms in total. The van der Waals surface area contributed by atoms with Gasteiger partial charge in [0.1, 0.15) is 48.8 Å². The van der Waals surface area contributed by atoms with Gasteiger partial charge in [0.25, 0.3) is 0 Å². The van der Waals surface area contributed by atoms with Gasteiger partial charge in [0, 0.05) is 6.42 Å². The molecule has 2 aliphatic rings. The number of nitrogens with one attached hydrogen (secondary N) is 1. The summed E-state index contributed by atoms with van der Waals surface area (Å²) in [6, 6.07) is -0.943. The van der Waals surface area contributed by atoms with E-state index in [0.29, 0.717) is 12.8 Å². The first kappa shape index (κ1) is 75.0. The third-order valence-corrected chi connectivity index (χ3v) is 15.2. The zero-order valence-corrected chi connectivity index (χ0v) is 50.9. The van der Waals surface area contributed by atoms with Crippen LogP contribution in [0.5, 0.6) is 0 Å². The minimum atomic E-state index is -1.80. The molecule has 14 heteroatoms. The third kappa shape index (κ3) is 36.7. The predicted molar refractivity (Wildman–Crippen MR) is 332 cm³/mol. The molecule has 0 saturated carbocycles. The number of amides is 1. The van der Waals surface area contributed by atoms with E-state index in [1.54, 1.807) is 6.08 Å². The Morgan fingerprint density at radius 1 is 0.451 bits per heavy atom. The number of allylic oxidation sites excluding steroid dienone is 15. The van der Waals surface area contributed by atoms with Crippen molar-refractivity contribution in [3.63, 3.8) is 0 Å². The van der Waals surface area contributed by atoms with Crippen molar-refractivity contribution in [2.45, 2.75) is 306 Å². The van der Waals surface area contributed by atoms with E-state index in [4.69, 9.17) is 18.9 Å². The van der Waals surface area contributed by atoms with E-state index in [1.165, 1.54) is 122 Å².